The first-order valence-corrected chi connectivity index (χ1v) is 12.3. The third kappa shape index (κ3) is 5.40. The zero-order valence-corrected chi connectivity index (χ0v) is 20.3. The molecule has 0 spiro atoms. The van der Waals surface area contributed by atoms with Crippen LogP contribution in [0.25, 0.3) is 0 Å². The van der Waals surface area contributed by atoms with E-state index in [1.54, 1.807) is 23.6 Å². The number of carbonyl (C=O) groups is 1. The molecule has 0 unspecified atom stereocenters. The van der Waals surface area contributed by atoms with Crippen LogP contribution in [0.5, 0.6) is 5.75 Å². The molecule has 0 aliphatic rings. The SMILES string of the molecule is CCc1ccccc1N(C(C)=O)c1nc(CSc2nnnn2Cc2ccc(OC)cc2)cs1. The van der Waals surface area contributed by atoms with Crippen molar-refractivity contribution in [3.63, 3.8) is 0 Å². The Morgan fingerprint density at radius 2 is 1.97 bits per heavy atom. The highest BCUT2D eigenvalue weighted by Gasteiger charge is 2.20. The van der Waals surface area contributed by atoms with E-state index in [4.69, 9.17) is 9.72 Å². The first kappa shape index (κ1) is 22.9. The summed E-state index contributed by atoms with van der Waals surface area (Å²) < 4.78 is 6.97. The molecule has 33 heavy (non-hydrogen) atoms. The van der Waals surface area contributed by atoms with Gasteiger partial charge in [0.15, 0.2) is 5.13 Å². The molecule has 2 heterocycles. The van der Waals surface area contributed by atoms with Gasteiger partial charge in [0.2, 0.25) is 11.1 Å². The van der Waals surface area contributed by atoms with Gasteiger partial charge in [0.1, 0.15) is 5.75 Å². The smallest absolute Gasteiger partial charge is 0.230 e. The predicted octanol–water partition coefficient (Wildman–Crippen LogP) is 4.73. The van der Waals surface area contributed by atoms with Crippen molar-refractivity contribution in [1.82, 2.24) is 25.2 Å². The highest BCUT2D eigenvalue weighted by Crippen LogP contribution is 2.33. The standard InChI is InChI=1S/C23H24N6O2S2/c1-4-18-7-5-6-8-21(18)29(16(2)30)22-24-19(14-32-22)15-33-23-25-26-27-28(23)13-17-9-11-20(31-3)12-10-17/h5-12,14H,4,13,15H2,1-3H3. The molecule has 170 valence electrons. The van der Waals surface area contributed by atoms with Crippen LogP contribution in [0.4, 0.5) is 10.8 Å². The second-order valence-electron chi connectivity index (χ2n) is 7.21. The van der Waals surface area contributed by atoms with E-state index in [-0.39, 0.29) is 5.91 Å². The highest BCUT2D eigenvalue weighted by atomic mass is 32.2. The molecule has 2 aromatic carbocycles. The summed E-state index contributed by atoms with van der Waals surface area (Å²) in [6.07, 6.45) is 0.838. The summed E-state index contributed by atoms with van der Waals surface area (Å²) in [5.41, 5.74) is 3.94. The first-order valence-electron chi connectivity index (χ1n) is 10.4. The van der Waals surface area contributed by atoms with Gasteiger partial charge in [0.05, 0.1) is 25.0 Å². The van der Waals surface area contributed by atoms with Crippen molar-refractivity contribution in [1.29, 1.82) is 0 Å². The number of nitrogens with zero attached hydrogens (tertiary/aromatic N) is 6. The maximum absolute atomic E-state index is 12.5. The van der Waals surface area contributed by atoms with Gasteiger partial charge >= 0.3 is 0 Å². The van der Waals surface area contributed by atoms with Crippen molar-refractivity contribution in [2.24, 2.45) is 0 Å². The number of thiazole rings is 1. The number of amides is 1. The zero-order valence-electron chi connectivity index (χ0n) is 18.6. The lowest BCUT2D eigenvalue weighted by atomic mass is 10.1. The number of hydrogen-bond donors (Lipinski definition) is 0. The Morgan fingerprint density at radius 1 is 1.18 bits per heavy atom. The van der Waals surface area contributed by atoms with Crippen molar-refractivity contribution >= 4 is 39.8 Å². The average Bonchev–Trinajstić information content (AvgIpc) is 3.48. The molecule has 1 amide bonds. The fourth-order valence-electron chi connectivity index (χ4n) is 3.34. The third-order valence-corrected chi connectivity index (χ3v) is 6.86. The zero-order chi connectivity index (χ0) is 23.2. The minimum Gasteiger partial charge on any atom is -0.497 e. The lowest BCUT2D eigenvalue weighted by Gasteiger charge is -2.20. The van der Waals surface area contributed by atoms with Crippen molar-refractivity contribution in [2.45, 2.75) is 37.7 Å². The van der Waals surface area contributed by atoms with Crippen molar-refractivity contribution in [2.75, 3.05) is 12.0 Å². The molecule has 0 aliphatic heterocycles. The molecule has 4 aromatic rings. The maximum atomic E-state index is 12.5. The summed E-state index contributed by atoms with van der Waals surface area (Å²) in [4.78, 5) is 18.9. The predicted molar refractivity (Wildman–Crippen MR) is 130 cm³/mol. The molecule has 4 rings (SSSR count). The molecule has 0 radical (unpaired) electrons. The number of aromatic nitrogens is 5. The second-order valence-corrected chi connectivity index (χ2v) is 8.99. The van der Waals surface area contributed by atoms with Crippen LogP contribution in [-0.4, -0.2) is 38.2 Å². The summed E-state index contributed by atoms with van der Waals surface area (Å²) in [6, 6.07) is 15.7. The fraction of sp³-hybridized carbons (Fsp3) is 0.261. The molecular weight excluding hydrogens is 456 g/mol. The number of rotatable bonds is 9. The molecule has 8 nitrogen and oxygen atoms in total. The lowest BCUT2D eigenvalue weighted by molar-refractivity contribution is -0.115. The minimum absolute atomic E-state index is 0.0621. The molecule has 0 atom stereocenters. The maximum Gasteiger partial charge on any atom is 0.230 e. The highest BCUT2D eigenvalue weighted by molar-refractivity contribution is 7.98. The van der Waals surface area contributed by atoms with Crippen LogP contribution in [-0.2, 0) is 23.5 Å². The van der Waals surface area contributed by atoms with Crippen LogP contribution in [0.15, 0.2) is 59.1 Å². The van der Waals surface area contributed by atoms with Crippen LogP contribution in [0.1, 0.15) is 30.7 Å². The van der Waals surface area contributed by atoms with E-state index >= 15 is 0 Å². The monoisotopic (exact) mass is 480 g/mol. The third-order valence-electron chi connectivity index (χ3n) is 5.00. The van der Waals surface area contributed by atoms with Gasteiger partial charge in [0, 0.05) is 18.1 Å². The number of methoxy groups -OCH3 is 1. The molecule has 0 saturated heterocycles. The number of aryl methyl sites for hydroxylation is 1. The molecule has 0 aliphatic carbocycles. The first-order chi connectivity index (χ1) is 16.1. The molecule has 0 saturated carbocycles. The summed E-state index contributed by atoms with van der Waals surface area (Å²) in [6.45, 7) is 4.21. The number of tetrazole rings is 1. The number of benzene rings is 2. The fourth-order valence-corrected chi connectivity index (χ4v) is 5.10. The van der Waals surface area contributed by atoms with Gasteiger partial charge in [0.25, 0.3) is 0 Å². The molecule has 2 aromatic heterocycles. The van der Waals surface area contributed by atoms with E-state index in [9.17, 15) is 4.79 Å². The number of hydrogen-bond acceptors (Lipinski definition) is 8. The summed E-state index contributed by atoms with van der Waals surface area (Å²) in [5, 5.41) is 15.4. The topological polar surface area (TPSA) is 86.0 Å². The molecule has 10 heteroatoms. The molecule has 0 bridgehead atoms. The van der Waals surface area contributed by atoms with Gasteiger partial charge in [-0.2, -0.15) is 0 Å². The van der Waals surface area contributed by atoms with E-state index in [1.165, 1.54) is 23.1 Å². The Labute approximate surface area is 200 Å². The second kappa shape index (κ2) is 10.6. The van der Waals surface area contributed by atoms with Gasteiger partial charge in [-0.05, 0) is 46.2 Å². The van der Waals surface area contributed by atoms with Crippen LogP contribution >= 0.6 is 23.1 Å². The summed E-state index contributed by atoms with van der Waals surface area (Å²) in [7, 11) is 1.65. The minimum atomic E-state index is -0.0621. The summed E-state index contributed by atoms with van der Waals surface area (Å²) in [5.74, 6) is 1.35. The van der Waals surface area contributed by atoms with Gasteiger partial charge in [-0.15, -0.1) is 16.4 Å². The number of carbonyl (C=O) groups excluding carboxylic acids is 1. The quantitative estimate of drug-likeness (QED) is 0.320. The van der Waals surface area contributed by atoms with Crippen LogP contribution < -0.4 is 9.64 Å². The number of anilines is 2. The molecule has 0 N–H and O–H groups in total. The van der Waals surface area contributed by atoms with E-state index in [2.05, 4.69) is 22.4 Å². The van der Waals surface area contributed by atoms with E-state index < -0.39 is 0 Å². The van der Waals surface area contributed by atoms with E-state index in [0.29, 0.717) is 22.6 Å². The number of para-hydroxylation sites is 1. The molecule has 0 fully saturated rings. The largest absolute Gasteiger partial charge is 0.497 e. The molecular formula is C23H24N6O2S2. The van der Waals surface area contributed by atoms with Gasteiger partial charge in [-0.1, -0.05) is 49.0 Å². The van der Waals surface area contributed by atoms with Gasteiger partial charge < -0.3 is 4.74 Å². The van der Waals surface area contributed by atoms with E-state index in [0.717, 1.165) is 34.7 Å². The van der Waals surface area contributed by atoms with Crippen molar-refractivity contribution in [3.8, 4) is 5.75 Å². The van der Waals surface area contributed by atoms with Crippen LogP contribution in [0.2, 0.25) is 0 Å². The van der Waals surface area contributed by atoms with Crippen molar-refractivity contribution in [3.05, 3.63) is 70.7 Å². The number of thioether (sulfide) groups is 1. The van der Waals surface area contributed by atoms with Crippen LogP contribution in [0.3, 0.4) is 0 Å². The van der Waals surface area contributed by atoms with E-state index in [1.807, 2.05) is 53.9 Å². The van der Waals surface area contributed by atoms with Gasteiger partial charge in [-0.25, -0.2) is 9.67 Å². The average molecular weight is 481 g/mol. The summed E-state index contributed by atoms with van der Waals surface area (Å²) >= 11 is 2.97. The Balaban J connectivity index is 1.46. The normalized spacial score (nSPS) is 10.9. The van der Waals surface area contributed by atoms with Crippen LogP contribution in [0, 0.1) is 0 Å². The van der Waals surface area contributed by atoms with Crippen molar-refractivity contribution < 1.29 is 9.53 Å². The Bertz CT molecular complexity index is 1220. The Morgan fingerprint density at radius 3 is 2.70 bits per heavy atom. The number of ether oxygens (including phenoxy) is 1. The van der Waals surface area contributed by atoms with Gasteiger partial charge in [-0.3, -0.25) is 9.69 Å². The Hall–Kier alpha value is -3.24. The Kier molecular flexibility index (Phi) is 7.36. The lowest BCUT2D eigenvalue weighted by Crippen LogP contribution is -2.23.